The van der Waals surface area contributed by atoms with Gasteiger partial charge in [0, 0.05) is 18.7 Å². The second-order valence-corrected chi connectivity index (χ2v) is 6.79. The minimum atomic E-state index is -3.70. The highest BCUT2D eigenvalue weighted by Crippen LogP contribution is 2.07. The van der Waals surface area contributed by atoms with Crippen LogP contribution in [0, 0.1) is 0 Å². The number of halogens is 1. The first-order chi connectivity index (χ1) is 10.3. The highest BCUT2D eigenvalue weighted by atomic mass is 35.5. The molecule has 1 aromatic heterocycles. The van der Waals surface area contributed by atoms with Crippen molar-refractivity contribution in [3.8, 4) is 0 Å². The van der Waals surface area contributed by atoms with E-state index in [1.165, 1.54) is 18.1 Å². The molecule has 0 fully saturated rings. The summed E-state index contributed by atoms with van der Waals surface area (Å²) in [6.07, 6.45) is 2.54. The molecule has 122 valence electrons. The minimum absolute atomic E-state index is 0.0134. The zero-order valence-corrected chi connectivity index (χ0v) is 13.7. The molecule has 0 radical (unpaired) electrons. The van der Waals surface area contributed by atoms with Crippen LogP contribution in [-0.4, -0.2) is 66.7 Å². The molecule has 0 unspecified atom stereocenters. The van der Waals surface area contributed by atoms with Gasteiger partial charge in [-0.15, -0.1) is 11.7 Å². The molecule has 0 saturated heterocycles. The fraction of sp³-hybridized carbons (Fsp3) is 0.417. The molecule has 22 heavy (non-hydrogen) atoms. The van der Waals surface area contributed by atoms with E-state index >= 15 is 0 Å². The van der Waals surface area contributed by atoms with Crippen molar-refractivity contribution in [2.24, 2.45) is 0 Å². The van der Waals surface area contributed by atoms with Gasteiger partial charge >= 0.3 is 6.03 Å². The second-order valence-electron chi connectivity index (χ2n) is 4.25. The molecule has 0 saturated carbocycles. The van der Waals surface area contributed by atoms with Crippen molar-refractivity contribution in [2.45, 2.75) is 5.16 Å². The molecule has 0 atom stereocenters. The number of nitrogens with zero attached hydrogens (tertiary/aromatic N) is 4. The maximum absolute atomic E-state index is 12.2. The fourth-order valence-electron chi connectivity index (χ4n) is 1.48. The molecule has 0 aliphatic heterocycles. The van der Waals surface area contributed by atoms with E-state index in [0.717, 1.165) is 11.0 Å². The van der Waals surface area contributed by atoms with Gasteiger partial charge in [-0.2, -0.15) is 4.68 Å². The summed E-state index contributed by atoms with van der Waals surface area (Å²) in [6.45, 7) is 7.35. The van der Waals surface area contributed by atoms with E-state index < -0.39 is 21.0 Å². The van der Waals surface area contributed by atoms with Gasteiger partial charge in [-0.05, 0) is 0 Å². The number of sulfone groups is 1. The second kappa shape index (κ2) is 8.06. The number of hydrogen-bond acceptors (Lipinski definition) is 6. The molecular formula is C12H17ClN4O4S. The Morgan fingerprint density at radius 3 is 2.82 bits per heavy atom. The molecule has 1 heterocycles. The van der Waals surface area contributed by atoms with Crippen LogP contribution >= 0.6 is 11.6 Å². The van der Waals surface area contributed by atoms with E-state index in [0.29, 0.717) is 0 Å². The van der Waals surface area contributed by atoms with Crippen LogP contribution in [0.5, 0.6) is 0 Å². The van der Waals surface area contributed by atoms with E-state index in [-0.39, 0.29) is 30.5 Å². The van der Waals surface area contributed by atoms with E-state index in [2.05, 4.69) is 23.2 Å². The molecule has 1 aromatic rings. The number of ether oxygens (including phenoxy) is 1. The van der Waals surface area contributed by atoms with Gasteiger partial charge in [0.15, 0.2) is 0 Å². The Balaban J connectivity index is 2.96. The number of hydrogen-bond donors (Lipinski definition) is 0. The average molecular weight is 349 g/mol. The number of carbonyl (C=O) groups is 1. The molecule has 1 amide bonds. The van der Waals surface area contributed by atoms with Gasteiger partial charge in [0.25, 0.3) is 5.16 Å². The predicted molar refractivity (Wildman–Crippen MR) is 81.5 cm³/mol. The molecule has 0 aromatic carbocycles. The summed E-state index contributed by atoms with van der Waals surface area (Å²) in [5.41, 5.74) is 0. The van der Waals surface area contributed by atoms with Crippen LogP contribution in [0.1, 0.15) is 0 Å². The maximum atomic E-state index is 12.2. The Morgan fingerprint density at radius 2 is 2.27 bits per heavy atom. The quantitative estimate of drug-likeness (QED) is 0.648. The van der Waals surface area contributed by atoms with Gasteiger partial charge in [0.1, 0.15) is 6.33 Å². The fourth-order valence-corrected chi connectivity index (χ4v) is 2.62. The molecule has 0 spiro atoms. The molecule has 0 bridgehead atoms. The third-order valence-electron chi connectivity index (χ3n) is 2.48. The minimum Gasteiger partial charge on any atom is -0.384 e. The summed E-state index contributed by atoms with van der Waals surface area (Å²) in [4.78, 5) is 17.2. The van der Waals surface area contributed by atoms with Crippen molar-refractivity contribution in [1.82, 2.24) is 19.7 Å². The predicted octanol–water partition coefficient (Wildman–Crippen LogP) is 0.907. The third-order valence-corrected chi connectivity index (χ3v) is 4.05. The van der Waals surface area contributed by atoms with Crippen LogP contribution in [-0.2, 0) is 14.6 Å². The van der Waals surface area contributed by atoms with Crippen LogP contribution < -0.4 is 0 Å². The molecule has 10 heteroatoms. The Labute approximate surface area is 133 Å². The summed E-state index contributed by atoms with van der Waals surface area (Å²) in [6, 6.07) is -0.581. The standard InChI is InChI=1S/C12H17ClN4O4S/c1-4-5-16(8-10(2)13)12(18)17-9-14-11(15-17)22(19,20)7-6-21-3/h4,9H,1-2,5-8H2,3H3. The molecule has 8 nitrogen and oxygen atoms in total. The van der Waals surface area contributed by atoms with Gasteiger partial charge in [-0.1, -0.05) is 24.3 Å². The summed E-state index contributed by atoms with van der Waals surface area (Å²) in [7, 11) is -2.31. The molecule has 0 N–H and O–H groups in total. The van der Waals surface area contributed by atoms with Gasteiger partial charge in [0.2, 0.25) is 9.84 Å². The zero-order valence-electron chi connectivity index (χ0n) is 12.1. The van der Waals surface area contributed by atoms with Crippen molar-refractivity contribution >= 4 is 27.5 Å². The monoisotopic (exact) mass is 348 g/mol. The third kappa shape index (κ3) is 4.93. The molecular weight excluding hydrogens is 332 g/mol. The summed E-state index contributed by atoms with van der Waals surface area (Å²) in [5, 5.41) is 3.53. The Bertz CT molecular complexity index is 656. The smallest absolute Gasteiger partial charge is 0.346 e. The lowest BCUT2D eigenvalue weighted by molar-refractivity contribution is 0.206. The van der Waals surface area contributed by atoms with Crippen LogP contribution in [0.15, 0.2) is 35.7 Å². The van der Waals surface area contributed by atoms with E-state index in [1.807, 2.05) is 0 Å². The Morgan fingerprint density at radius 1 is 1.59 bits per heavy atom. The van der Waals surface area contributed by atoms with Crippen molar-refractivity contribution < 1.29 is 17.9 Å². The van der Waals surface area contributed by atoms with Crippen molar-refractivity contribution in [3.63, 3.8) is 0 Å². The first-order valence-electron chi connectivity index (χ1n) is 6.18. The van der Waals surface area contributed by atoms with Crippen molar-refractivity contribution in [2.75, 3.05) is 32.6 Å². The maximum Gasteiger partial charge on any atom is 0.346 e. The van der Waals surface area contributed by atoms with E-state index in [1.54, 1.807) is 0 Å². The Kier molecular flexibility index (Phi) is 6.72. The highest BCUT2D eigenvalue weighted by Gasteiger charge is 2.23. The van der Waals surface area contributed by atoms with Gasteiger partial charge in [0.05, 0.1) is 18.9 Å². The van der Waals surface area contributed by atoms with Crippen LogP contribution in [0.3, 0.4) is 0 Å². The Hall–Kier alpha value is -1.71. The first kappa shape index (κ1) is 18.3. The number of methoxy groups -OCH3 is 1. The van der Waals surface area contributed by atoms with E-state index in [4.69, 9.17) is 16.3 Å². The molecule has 0 aliphatic rings. The zero-order chi connectivity index (χ0) is 16.8. The number of carbonyl (C=O) groups excluding carboxylic acids is 1. The largest absolute Gasteiger partial charge is 0.384 e. The summed E-state index contributed by atoms with van der Waals surface area (Å²) < 4.78 is 29.4. The van der Waals surface area contributed by atoms with Crippen LogP contribution in [0.25, 0.3) is 0 Å². The van der Waals surface area contributed by atoms with Crippen LogP contribution in [0.4, 0.5) is 4.79 Å². The van der Waals surface area contributed by atoms with Gasteiger partial charge in [-0.25, -0.2) is 18.2 Å². The SMILES string of the molecule is C=CCN(CC(=C)Cl)C(=O)n1cnc(S(=O)(=O)CCOC)n1. The van der Waals surface area contributed by atoms with Crippen molar-refractivity contribution in [3.05, 3.63) is 30.6 Å². The van der Waals surface area contributed by atoms with Gasteiger partial charge < -0.3 is 9.64 Å². The number of aromatic nitrogens is 3. The lowest BCUT2D eigenvalue weighted by atomic mass is 10.4. The average Bonchev–Trinajstić information content (AvgIpc) is 2.94. The molecule has 1 rings (SSSR count). The molecule has 0 aliphatic carbocycles. The number of amides is 1. The lowest BCUT2D eigenvalue weighted by Crippen LogP contribution is -2.36. The number of rotatable bonds is 8. The van der Waals surface area contributed by atoms with Gasteiger partial charge in [-0.3, -0.25) is 0 Å². The normalized spacial score (nSPS) is 11.2. The summed E-state index contributed by atoms with van der Waals surface area (Å²) in [5.74, 6) is -0.267. The van der Waals surface area contributed by atoms with Crippen molar-refractivity contribution in [1.29, 1.82) is 0 Å². The lowest BCUT2D eigenvalue weighted by Gasteiger charge is -2.19. The summed E-state index contributed by atoms with van der Waals surface area (Å²) >= 11 is 5.70. The topological polar surface area (TPSA) is 94.4 Å². The van der Waals surface area contributed by atoms with E-state index in [9.17, 15) is 13.2 Å². The highest BCUT2D eigenvalue weighted by molar-refractivity contribution is 7.91. The van der Waals surface area contributed by atoms with Crippen LogP contribution in [0.2, 0.25) is 0 Å². The first-order valence-corrected chi connectivity index (χ1v) is 8.21.